The molecule has 0 aliphatic carbocycles. The van der Waals surface area contributed by atoms with Gasteiger partial charge in [0.2, 0.25) is 0 Å². The average Bonchev–Trinajstić information content (AvgIpc) is 3.24. The molecule has 2 aromatic rings. The van der Waals surface area contributed by atoms with E-state index >= 15 is 0 Å². The lowest BCUT2D eigenvalue weighted by Gasteiger charge is -2.25. The van der Waals surface area contributed by atoms with Gasteiger partial charge in [0, 0.05) is 39.6 Å². The van der Waals surface area contributed by atoms with E-state index in [0.717, 1.165) is 57.2 Å². The Kier molecular flexibility index (Phi) is 5.70. The molecule has 2 fully saturated rings. The van der Waals surface area contributed by atoms with Crippen molar-refractivity contribution in [3.8, 4) is 6.07 Å². The van der Waals surface area contributed by atoms with Crippen molar-refractivity contribution < 1.29 is 9.47 Å². The van der Waals surface area contributed by atoms with E-state index < -0.39 is 0 Å². The molecule has 0 radical (unpaired) electrons. The van der Waals surface area contributed by atoms with E-state index in [4.69, 9.17) is 19.7 Å². The molecule has 1 unspecified atom stereocenters. The summed E-state index contributed by atoms with van der Waals surface area (Å²) in [7, 11) is 1.76. The average molecular weight is 379 g/mol. The zero-order valence-electron chi connectivity index (χ0n) is 16.1. The summed E-state index contributed by atoms with van der Waals surface area (Å²) < 4.78 is 11.1. The van der Waals surface area contributed by atoms with Crippen LogP contribution >= 0.6 is 0 Å². The fourth-order valence-electron chi connectivity index (χ4n) is 3.86. The lowest BCUT2D eigenvalue weighted by Crippen LogP contribution is -2.24. The second-order valence-electron chi connectivity index (χ2n) is 7.29. The number of ether oxygens (including phenoxy) is 2. The molecule has 28 heavy (non-hydrogen) atoms. The van der Waals surface area contributed by atoms with Gasteiger partial charge in [0.1, 0.15) is 17.5 Å². The van der Waals surface area contributed by atoms with Gasteiger partial charge in [0.05, 0.1) is 17.7 Å². The molecule has 2 aromatic heterocycles. The highest BCUT2D eigenvalue weighted by molar-refractivity contribution is 5.59. The third kappa shape index (κ3) is 4.24. The largest absolute Gasteiger partial charge is 0.381 e. The highest BCUT2D eigenvalue weighted by atomic mass is 16.5. The van der Waals surface area contributed by atoms with E-state index in [1.807, 2.05) is 0 Å². The van der Waals surface area contributed by atoms with Crippen LogP contribution in [0.1, 0.15) is 36.3 Å². The first-order chi connectivity index (χ1) is 13.7. The molecule has 0 bridgehead atoms. The van der Waals surface area contributed by atoms with Crippen molar-refractivity contribution in [1.82, 2.24) is 9.97 Å². The number of nitrogens with zero attached hydrogens (tertiary/aromatic N) is 4. The molecule has 0 saturated carbocycles. The second-order valence-corrected chi connectivity index (χ2v) is 7.29. The lowest BCUT2D eigenvalue weighted by atomic mass is 9.92. The van der Waals surface area contributed by atoms with Crippen LogP contribution in [0.2, 0.25) is 0 Å². The Balaban J connectivity index is 1.64. The van der Waals surface area contributed by atoms with Crippen molar-refractivity contribution in [1.29, 1.82) is 5.26 Å². The van der Waals surface area contributed by atoms with Crippen molar-refractivity contribution in [2.75, 3.05) is 43.6 Å². The second kappa shape index (κ2) is 8.55. The maximum absolute atomic E-state index is 9.13. The number of nitriles is 1. The summed E-state index contributed by atoms with van der Waals surface area (Å²) in [6.45, 7) is 3.38. The van der Waals surface area contributed by atoms with Gasteiger partial charge in [-0.25, -0.2) is 9.97 Å². The normalized spacial score (nSPS) is 20.1. The quantitative estimate of drug-likeness (QED) is 0.854. The molecule has 0 spiro atoms. The Morgan fingerprint density at radius 3 is 2.82 bits per heavy atom. The third-order valence-corrected chi connectivity index (χ3v) is 5.47. The molecule has 0 amide bonds. The molecule has 146 valence electrons. The first-order valence-electron chi connectivity index (χ1n) is 9.76. The van der Waals surface area contributed by atoms with Crippen LogP contribution in [0.25, 0.3) is 0 Å². The minimum absolute atomic E-state index is 0.249. The number of anilines is 3. The van der Waals surface area contributed by atoms with Crippen molar-refractivity contribution in [2.24, 2.45) is 0 Å². The molecule has 2 aliphatic heterocycles. The Labute approximate surface area is 165 Å². The zero-order valence-corrected chi connectivity index (χ0v) is 16.1. The molecular formula is C21H25N5O2. The van der Waals surface area contributed by atoms with Gasteiger partial charge >= 0.3 is 0 Å². The zero-order chi connectivity index (χ0) is 19.3. The van der Waals surface area contributed by atoms with Gasteiger partial charge in [0.15, 0.2) is 0 Å². The molecular weight excluding hydrogens is 354 g/mol. The molecule has 4 rings (SSSR count). The van der Waals surface area contributed by atoms with Crippen molar-refractivity contribution in [3.63, 3.8) is 0 Å². The van der Waals surface area contributed by atoms with Crippen LogP contribution in [-0.2, 0) is 9.47 Å². The predicted octanol–water partition coefficient (Wildman–Crippen LogP) is 3.21. The fourth-order valence-corrected chi connectivity index (χ4v) is 3.86. The highest BCUT2D eigenvalue weighted by Gasteiger charge is 2.25. The molecule has 7 heteroatoms. The Morgan fingerprint density at radius 2 is 2.07 bits per heavy atom. The minimum atomic E-state index is 0.249. The lowest BCUT2D eigenvalue weighted by molar-refractivity contribution is 0.0853. The van der Waals surface area contributed by atoms with E-state index in [-0.39, 0.29) is 6.10 Å². The minimum Gasteiger partial charge on any atom is -0.381 e. The maximum Gasteiger partial charge on any atom is 0.134 e. The van der Waals surface area contributed by atoms with Gasteiger partial charge in [0.25, 0.3) is 0 Å². The van der Waals surface area contributed by atoms with Gasteiger partial charge < -0.3 is 19.7 Å². The number of hydrogen-bond acceptors (Lipinski definition) is 7. The molecule has 1 N–H and O–H groups in total. The summed E-state index contributed by atoms with van der Waals surface area (Å²) in [5.74, 6) is 2.80. The van der Waals surface area contributed by atoms with E-state index in [1.54, 1.807) is 25.4 Å². The molecule has 4 heterocycles. The van der Waals surface area contributed by atoms with Crippen LogP contribution in [-0.4, -0.2) is 49.5 Å². The smallest absolute Gasteiger partial charge is 0.134 e. The number of aromatic nitrogens is 2. The van der Waals surface area contributed by atoms with E-state index in [9.17, 15) is 0 Å². The van der Waals surface area contributed by atoms with E-state index in [0.29, 0.717) is 17.3 Å². The molecule has 1 atom stereocenters. The van der Waals surface area contributed by atoms with Crippen LogP contribution in [0.3, 0.4) is 0 Å². The van der Waals surface area contributed by atoms with Crippen LogP contribution in [0.15, 0.2) is 30.5 Å². The van der Waals surface area contributed by atoms with Gasteiger partial charge in [-0.2, -0.15) is 5.26 Å². The van der Waals surface area contributed by atoms with Crippen molar-refractivity contribution >= 4 is 17.5 Å². The number of methoxy groups -OCH3 is 1. The van der Waals surface area contributed by atoms with Crippen LogP contribution < -0.4 is 10.2 Å². The Hall–Kier alpha value is -2.69. The highest BCUT2D eigenvalue weighted by Crippen LogP contribution is 2.32. The molecule has 2 saturated heterocycles. The topological polar surface area (TPSA) is 83.3 Å². The number of hydrogen-bond donors (Lipinski definition) is 1. The van der Waals surface area contributed by atoms with Crippen molar-refractivity contribution in [3.05, 3.63) is 41.6 Å². The SMILES string of the molecule is COC1CCN(c2cc(C3CCOCC3)cc(Nc3cc(C#N)ccn3)n2)C1. The summed E-state index contributed by atoms with van der Waals surface area (Å²) in [6, 6.07) is 9.88. The number of rotatable bonds is 5. The summed E-state index contributed by atoms with van der Waals surface area (Å²) >= 11 is 0. The van der Waals surface area contributed by atoms with Gasteiger partial charge in [-0.15, -0.1) is 0 Å². The third-order valence-electron chi connectivity index (χ3n) is 5.47. The summed E-state index contributed by atoms with van der Waals surface area (Å²) in [5.41, 5.74) is 1.84. The predicted molar refractivity (Wildman–Crippen MR) is 107 cm³/mol. The van der Waals surface area contributed by atoms with Gasteiger partial charge in [-0.1, -0.05) is 0 Å². The summed E-state index contributed by atoms with van der Waals surface area (Å²) in [4.78, 5) is 11.4. The molecule has 2 aliphatic rings. The maximum atomic E-state index is 9.13. The van der Waals surface area contributed by atoms with Crippen LogP contribution in [0.4, 0.5) is 17.5 Å². The molecule has 0 aromatic carbocycles. The van der Waals surface area contributed by atoms with E-state index in [2.05, 4.69) is 33.4 Å². The standard InChI is InChI=1S/C21H25N5O2/c1-27-18-3-7-26(14-18)21-12-17(16-4-8-28-9-5-16)11-20(25-21)24-19-10-15(13-22)2-6-23-19/h2,6,10-12,16,18H,3-5,7-9,14H2,1H3,(H,23,24,25). The number of nitrogens with one attached hydrogen (secondary N) is 1. The summed E-state index contributed by atoms with van der Waals surface area (Å²) in [5, 5.41) is 12.4. The summed E-state index contributed by atoms with van der Waals surface area (Å²) in [6.07, 6.45) is 4.93. The van der Waals surface area contributed by atoms with Gasteiger partial charge in [-0.3, -0.25) is 0 Å². The van der Waals surface area contributed by atoms with Gasteiger partial charge in [-0.05, 0) is 55.0 Å². The first-order valence-corrected chi connectivity index (χ1v) is 9.76. The van der Waals surface area contributed by atoms with Crippen LogP contribution in [0, 0.1) is 11.3 Å². The monoisotopic (exact) mass is 379 g/mol. The fraction of sp³-hybridized carbons (Fsp3) is 0.476. The van der Waals surface area contributed by atoms with Crippen LogP contribution in [0.5, 0.6) is 0 Å². The number of pyridine rings is 2. The Morgan fingerprint density at radius 1 is 1.21 bits per heavy atom. The Bertz CT molecular complexity index is 860. The first kappa shape index (κ1) is 18.7. The van der Waals surface area contributed by atoms with E-state index in [1.165, 1.54) is 5.56 Å². The van der Waals surface area contributed by atoms with Crippen molar-refractivity contribution in [2.45, 2.75) is 31.3 Å². The molecule has 7 nitrogen and oxygen atoms in total.